The fraction of sp³-hybridized carbons (Fsp3) is 0.440. The number of anilines is 1. The number of benzene rings is 2. The zero-order chi connectivity index (χ0) is 27.0. The Balaban J connectivity index is 2.49. The average molecular weight is 559 g/mol. The predicted molar refractivity (Wildman–Crippen MR) is 144 cm³/mol. The fourth-order valence-corrected chi connectivity index (χ4v) is 4.93. The summed E-state index contributed by atoms with van der Waals surface area (Å²) in [6.45, 7) is 5.55. The standard InChI is InChI=1S/C25H33Cl2N3O5S/c1-6-23(25(32)28-14-17(2)3)29(15-20-21(26)11-8-12-22(20)27)24(31)16-30(36(5,33)34)18-9-7-10-19(13-18)35-4/h7-13,17,23H,6,14-16H2,1-5H3,(H,28,32)/t23-/m1/s1. The van der Waals surface area contributed by atoms with E-state index in [-0.39, 0.29) is 24.1 Å². The van der Waals surface area contributed by atoms with E-state index in [9.17, 15) is 18.0 Å². The van der Waals surface area contributed by atoms with E-state index >= 15 is 0 Å². The number of hydrogen-bond donors (Lipinski definition) is 1. The summed E-state index contributed by atoms with van der Waals surface area (Å²) in [5.74, 6) is -0.268. The molecule has 11 heteroatoms. The maximum Gasteiger partial charge on any atom is 0.244 e. The van der Waals surface area contributed by atoms with E-state index in [4.69, 9.17) is 27.9 Å². The number of nitrogens with one attached hydrogen (secondary N) is 1. The molecule has 0 spiro atoms. The zero-order valence-corrected chi connectivity index (χ0v) is 23.5. The van der Waals surface area contributed by atoms with Gasteiger partial charge in [0, 0.05) is 34.8 Å². The Bertz CT molecular complexity index is 1150. The van der Waals surface area contributed by atoms with Gasteiger partial charge in [-0.05, 0) is 36.6 Å². The molecular weight excluding hydrogens is 525 g/mol. The van der Waals surface area contributed by atoms with Crippen molar-refractivity contribution in [2.45, 2.75) is 39.8 Å². The first kappa shape index (κ1) is 29.7. The molecule has 198 valence electrons. The van der Waals surface area contributed by atoms with Crippen molar-refractivity contribution in [1.82, 2.24) is 10.2 Å². The molecule has 0 aromatic heterocycles. The van der Waals surface area contributed by atoms with Crippen molar-refractivity contribution in [3.63, 3.8) is 0 Å². The van der Waals surface area contributed by atoms with Crippen molar-refractivity contribution < 1.29 is 22.7 Å². The van der Waals surface area contributed by atoms with Crippen molar-refractivity contribution in [2.24, 2.45) is 5.92 Å². The zero-order valence-electron chi connectivity index (χ0n) is 21.1. The van der Waals surface area contributed by atoms with E-state index in [0.717, 1.165) is 10.6 Å². The molecule has 2 aromatic carbocycles. The minimum Gasteiger partial charge on any atom is -0.497 e. The second-order valence-corrected chi connectivity index (χ2v) is 11.5. The van der Waals surface area contributed by atoms with E-state index in [1.807, 2.05) is 13.8 Å². The molecule has 0 saturated heterocycles. The van der Waals surface area contributed by atoms with Gasteiger partial charge in [0.05, 0.1) is 19.1 Å². The lowest BCUT2D eigenvalue weighted by atomic mass is 10.1. The maximum absolute atomic E-state index is 13.7. The van der Waals surface area contributed by atoms with Crippen LogP contribution in [0.15, 0.2) is 42.5 Å². The fourth-order valence-electron chi connectivity index (χ4n) is 3.58. The largest absolute Gasteiger partial charge is 0.497 e. The Hall–Kier alpha value is -2.49. The number of nitrogens with zero attached hydrogens (tertiary/aromatic N) is 2. The number of rotatable bonds is 12. The minimum absolute atomic E-state index is 0.0688. The first-order valence-corrected chi connectivity index (χ1v) is 14.1. The van der Waals surface area contributed by atoms with Crippen LogP contribution in [-0.2, 0) is 26.2 Å². The van der Waals surface area contributed by atoms with Gasteiger partial charge < -0.3 is 15.0 Å². The van der Waals surface area contributed by atoms with Crippen molar-refractivity contribution in [3.8, 4) is 5.75 Å². The van der Waals surface area contributed by atoms with Crippen LogP contribution in [0, 0.1) is 5.92 Å². The van der Waals surface area contributed by atoms with Gasteiger partial charge in [-0.3, -0.25) is 13.9 Å². The lowest BCUT2D eigenvalue weighted by molar-refractivity contribution is -0.140. The number of halogens is 2. The van der Waals surface area contributed by atoms with Crippen molar-refractivity contribution in [3.05, 3.63) is 58.1 Å². The molecule has 0 fully saturated rings. The number of sulfonamides is 1. The van der Waals surface area contributed by atoms with Gasteiger partial charge in [0.25, 0.3) is 0 Å². The molecule has 8 nitrogen and oxygen atoms in total. The van der Waals surface area contributed by atoms with Gasteiger partial charge in [-0.15, -0.1) is 0 Å². The molecule has 0 aliphatic carbocycles. The smallest absolute Gasteiger partial charge is 0.244 e. The summed E-state index contributed by atoms with van der Waals surface area (Å²) in [6.07, 6.45) is 1.32. The molecule has 1 atom stereocenters. The Morgan fingerprint density at radius 2 is 1.69 bits per heavy atom. The molecule has 2 aromatic rings. The summed E-state index contributed by atoms with van der Waals surface area (Å²) in [7, 11) is -2.39. The molecule has 0 aliphatic heterocycles. The van der Waals surface area contributed by atoms with Crippen LogP contribution in [0.1, 0.15) is 32.8 Å². The van der Waals surface area contributed by atoms with Gasteiger partial charge in [0.1, 0.15) is 18.3 Å². The first-order chi connectivity index (χ1) is 16.9. The number of ether oxygens (including phenoxy) is 1. The van der Waals surface area contributed by atoms with Crippen LogP contribution in [0.2, 0.25) is 10.0 Å². The van der Waals surface area contributed by atoms with Crippen LogP contribution in [0.4, 0.5) is 5.69 Å². The molecule has 36 heavy (non-hydrogen) atoms. The lowest BCUT2D eigenvalue weighted by Crippen LogP contribution is -2.52. The summed E-state index contributed by atoms with van der Waals surface area (Å²) in [5.41, 5.74) is 0.731. The van der Waals surface area contributed by atoms with Crippen LogP contribution < -0.4 is 14.4 Å². The highest BCUT2D eigenvalue weighted by molar-refractivity contribution is 7.92. The van der Waals surface area contributed by atoms with Gasteiger partial charge >= 0.3 is 0 Å². The van der Waals surface area contributed by atoms with E-state index in [0.29, 0.717) is 34.3 Å². The molecule has 0 radical (unpaired) electrons. The summed E-state index contributed by atoms with van der Waals surface area (Å²) < 4.78 is 31.6. The van der Waals surface area contributed by atoms with Crippen molar-refractivity contribution >= 4 is 50.7 Å². The Kier molecular flexibility index (Phi) is 10.9. The monoisotopic (exact) mass is 557 g/mol. The number of amides is 2. The van der Waals surface area contributed by atoms with Gasteiger partial charge in [-0.2, -0.15) is 0 Å². The van der Waals surface area contributed by atoms with Crippen LogP contribution in [0.3, 0.4) is 0 Å². The molecule has 0 aliphatic rings. The molecule has 2 amide bonds. The van der Waals surface area contributed by atoms with E-state index in [1.165, 1.54) is 18.1 Å². The average Bonchev–Trinajstić information content (AvgIpc) is 2.81. The number of carbonyl (C=O) groups is 2. The maximum atomic E-state index is 13.7. The highest BCUT2D eigenvalue weighted by Gasteiger charge is 2.32. The normalized spacial score (nSPS) is 12.2. The number of hydrogen-bond acceptors (Lipinski definition) is 5. The van der Waals surface area contributed by atoms with Gasteiger partial charge in [-0.25, -0.2) is 8.42 Å². The van der Waals surface area contributed by atoms with E-state index < -0.39 is 28.5 Å². The highest BCUT2D eigenvalue weighted by atomic mass is 35.5. The summed E-state index contributed by atoms with van der Waals surface area (Å²) in [4.78, 5) is 28.2. The quantitative estimate of drug-likeness (QED) is 0.418. The molecule has 0 bridgehead atoms. The predicted octanol–water partition coefficient (Wildman–Crippen LogP) is 4.35. The number of carbonyl (C=O) groups excluding carboxylic acids is 2. The first-order valence-electron chi connectivity index (χ1n) is 11.5. The summed E-state index contributed by atoms with van der Waals surface area (Å²) in [6, 6.07) is 10.5. The van der Waals surface area contributed by atoms with Gasteiger partial charge in [-0.1, -0.05) is 56.1 Å². The second kappa shape index (κ2) is 13.2. The molecule has 0 unspecified atom stereocenters. The Labute approximate surface area is 223 Å². The molecular formula is C25H33Cl2N3O5S. The van der Waals surface area contributed by atoms with E-state index in [1.54, 1.807) is 43.3 Å². The molecule has 0 heterocycles. The third-order valence-corrected chi connectivity index (χ3v) is 7.33. The molecule has 2 rings (SSSR count). The third-order valence-electron chi connectivity index (χ3n) is 5.48. The van der Waals surface area contributed by atoms with Crippen LogP contribution in [0.25, 0.3) is 0 Å². The Morgan fingerprint density at radius 1 is 1.08 bits per heavy atom. The van der Waals surface area contributed by atoms with Crippen molar-refractivity contribution in [2.75, 3.05) is 30.8 Å². The SMILES string of the molecule is CC[C@H](C(=O)NCC(C)C)N(Cc1c(Cl)cccc1Cl)C(=O)CN(c1cccc(OC)c1)S(C)(=O)=O. The second-order valence-electron chi connectivity index (χ2n) is 8.76. The van der Waals surface area contributed by atoms with Crippen molar-refractivity contribution in [1.29, 1.82) is 0 Å². The van der Waals surface area contributed by atoms with Crippen LogP contribution in [-0.4, -0.2) is 57.6 Å². The summed E-state index contributed by atoms with van der Waals surface area (Å²) >= 11 is 12.7. The highest BCUT2D eigenvalue weighted by Crippen LogP contribution is 2.28. The van der Waals surface area contributed by atoms with Gasteiger partial charge in [0.2, 0.25) is 21.8 Å². The molecule has 0 saturated carbocycles. The lowest BCUT2D eigenvalue weighted by Gasteiger charge is -2.33. The number of methoxy groups -OCH3 is 1. The molecule has 1 N–H and O–H groups in total. The summed E-state index contributed by atoms with van der Waals surface area (Å²) in [5, 5.41) is 3.54. The topological polar surface area (TPSA) is 96.0 Å². The van der Waals surface area contributed by atoms with Gasteiger partial charge in [0.15, 0.2) is 0 Å². The third kappa shape index (κ3) is 8.01. The van der Waals surface area contributed by atoms with Crippen LogP contribution >= 0.6 is 23.2 Å². The van der Waals surface area contributed by atoms with E-state index in [2.05, 4.69) is 5.32 Å². The van der Waals surface area contributed by atoms with Crippen LogP contribution in [0.5, 0.6) is 5.75 Å². The minimum atomic E-state index is -3.86. The Morgan fingerprint density at radius 3 is 2.22 bits per heavy atom.